The minimum absolute atomic E-state index is 0.0407. The number of rotatable bonds is 3. The molecule has 0 bridgehead atoms. The monoisotopic (exact) mass is 306 g/mol. The lowest BCUT2D eigenvalue weighted by Crippen LogP contribution is -2.68. The summed E-state index contributed by atoms with van der Waals surface area (Å²) in [5.74, 6) is -1.55. The molecule has 2 aliphatic rings. The number of thioether (sulfide) groups is 1. The van der Waals surface area contributed by atoms with E-state index in [1.165, 1.54) is 23.8 Å². The molecule has 0 aromatic carbocycles. The predicted octanol–water partition coefficient (Wildman–Crippen LogP) is -0.605. The zero-order valence-corrected chi connectivity index (χ0v) is 11.5. The van der Waals surface area contributed by atoms with Crippen molar-refractivity contribution < 1.29 is 23.9 Å². The van der Waals surface area contributed by atoms with Gasteiger partial charge in [-0.15, -0.1) is 11.8 Å². The standard InChI is InChI=1S/C10H11ClN2O5S/c1-17-5(14)2-18-10(16)7-4(11)3-19-9-6(12)8(15)13(7)9/h6,9H,2-3,12H2,1H3/t6?,9-/m1/s1. The SMILES string of the molecule is COC(=O)COC(=O)C1=C(Cl)CS[C@@H]2C(N)C(=O)N12. The van der Waals surface area contributed by atoms with Crippen molar-refractivity contribution in [3.8, 4) is 0 Å². The number of carbonyl (C=O) groups is 3. The summed E-state index contributed by atoms with van der Waals surface area (Å²) in [6, 6.07) is -0.641. The molecule has 9 heteroatoms. The maximum absolute atomic E-state index is 11.9. The largest absolute Gasteiger partial charge is 0.466 e. The van der Waals surface area contributed by atoms with E-state index in [-0.39, 0.29) is 22.0 Å². The van der Waals surface area contributed by atoms with Crippen molar-refractivity contribution in [2.75, 3.05) is 19.5 Å². The van der Waals surface area contributed by atoms with Gasteiger partial charge >= 0.3 is 11.9 Å². The lowest BCUT2D eigenvalue weighted by atomic mass is 10.1. The van der Waals surface area contributed by atoms with E-state index in [2.05, 4.69) is 4.74 Å². The quantitative estimate of drug-likeness (QED) is 0.549. The topological polar surface area (TPSA) is 98.9 Å². The Labute approximate surface area is 118 Å². The summed E-state index contributed by atoms with van der Waals surface area (Å²) in [4.78, 5) is 35.6. The van der Waals surface area contributed by atoms with Gasteiger partial charge in [-0.25, -0.2) is 9.59 Å². The summed E-state index contributed by atoms with van der Waals surface area (Å²) in [5, 5.41) is -0.105. The normalized spacial score (nSPS) is 25.6. The summed E-state index contributed by atoms with van der Waals surface area (Å²) in [5.41, 5.74) is 5.58. The molecule has 1 fully saturated rings. The number of esters is 2. The van der Waals surface area contributed by atoms with Gasteiger partial charge in [0.2, 0.25) is 5.91 Å². The van der Waals surface area contributed by atoms with Crippen molar-refractivity contribution >= 4 is 41.2 Å². The van der Waals surface area contributed by atoms with Crippen LogP contribution in [0, 0.1) is 0 Å². The van der Waals surface area contributed by atoms with Crippen LogP contribution in [-0.4, -0.2) is 53.6 Å². The second-order valence-corrected chi connectivity index (χ2v) is 5.40. The average Bonchev–Trinajstić information content (AvgIpc) is 2.42. The molecule has 0 aromatic heterocycles. The lowest BCUT2D eigenvalue weighted by molar-refractivity contribution is -0.158. The Kier molecular flexibility index (Phi) is 4.02. The number of halogens is 1. The van der Waals surface area contributed by atoms with Gasteiger partial charge in [0.05, 0.1) is 12.1 Å². The number of carbonyl (C=O) groups excluding carboxylic acids is 3. The molecular formula is C10H11ClN2O5S. The Balaban J connectivity index is 2.11. The van der Waals surface area contributed by atoms with Crippen LogP contribution in [0.3, 0.4) is 0 Å². The van der Waals surface area contributed by atoms with Crippen LogP contribution in [0.2, 0.25) is 0 Å². The van der Waals surface area contributed by atoms with Gasteiger partial charge in [0, 0.05) is 5.75 Å². The molecule has 2 rings (SSSR count). The van der Waals surface area contributed by atoms with Crippen molar-refractivity contribution in [2.45, 2.75) is 11.4 Å². The first kappa shape index (κ1) is 14.2. The van der Waals surface area contributed by atoms with E-state index in [0.717, 1.165) is 0 Å². The molecule has 104 valence electrons. The van der Waals surface area contributed by atoms with Gasteiger partial charge in [0.1, 0.15) is 17.1 Å². The van der Waals surface area contributed by atoms with Crippen molar-refractivity contribution in [1.29, 1.82) is 0 Å². The Morgan fingerprint density at radius 2 is 2.26 bits per heavy atom. The van der Waals surface area contributed by atoms with Crippen LogP contribution in [0.4, 0.5) is 0 Å². The molecule has 0 spiro atoms. The van der Waals surface area contributed by atoms with Crippen LogP contribution >= 0.6 is 23.4 Å². The number of nitrogens with zero attached hydrogens (tertiary/aromatic N) is 1. The van der Waals surface area contributed by atoms with E-state index in [1.54, 1.807) is 0 Å². The molecule has 0 saturated carbocycles. The molecule has 2 aliphatic heterocycles. The van der Waals surface area contributed by atoms with E-state index in [0.29, 0.717) is 5.75 Å². The van der Waals surface area contributed by atoms with E-state index in [1.807, 2.05) is 0 Å². The van der Waals surface area contributed by atoms with Crippen molar-refractivity contribution in [1.82, 2.24) is 4.90 Å². The maximum atomic E-state index is 11.9. The second kappa shape index (κ2) is 5.40. The van der Waals surface area contributed by atoms with Crippen molar-refractivity contribution in [3.05, 3.63) is 10.7 Å². The molecule has 0 aliphatic carbocycles. The Morgan fingerprint density at radius 3 is 2.89 bits per heavy atom. The van der Waals surface area contributed by atoms with Crippen LogP contribution in [0.25, 0.3) is 0 Å². The van der Waals surface area contributed by atoms with E-state index >= 15 is 0 Å². The van der Waals surface area contributed by atoms with E-state index in [9.17, 15) is 14.4 Å². The summed E-state index contributed by atoms with van der Waals surface area (Å²) < 4.78 is 9.09. The highest BCUT2D eigenvalue weighted by molar-refractivity contribution is 8.00. The number of amides is 1. The fourth-order valence-electron chi connectivity index (χ4n) is 1.72. The Morgan fingerprint density at radius 1 is 1.58 bits per heavy atom. The lowest BCUT2D eigenvalue weighted by Gasteiger charge is -2.47. The van der Waals surface area contributed by atoms with Gasteiger partial charge in [-0.1, -0.05) is 11.6 Å². The van der Waals surface area contributed by atoms with Crippen molar-refractivity contribution in [2.24, 2.45) is 5.73 Å². The highest BCUT2D eigenvalue weighted by atomic mass is 35.5. The van der Waals surface area contributed by atoms with Crippen LogP contribution in [0.5, 0.6) is 0 Å². The second-order valence-electron chi connectivity index (χ2n) is 3.84. The number of hydrogen-bond acceptors (Lipinski definition) is 7. The third-order valence-corrected chi connectivity index (χ3v) is 4.48. The third kappa shape index (κ3) is 2.43. The predicted molar refractivity (Wildman–Crippen MR) is 66.9 cm³/mol. The molecule has 2 N–H and O–H groups in total. The number of ether oxygens (including phenoxy) is 2. The smallest absolute Gasteiger partial charge is 0.356 e. The van der Waals surface area contributed by atoms with Crippen molar-refractivity contribution in [3.63, 3.8) is 0 Å². The summed E-state index contributed by atoms with van der Waals surface area (Å²) in [6.45, 7) is -0.533. The molecule has 7 nitrogen and oxygen atoms in total. The van der Waals surface area contributed by atoms with Crippen LogP contribution in [0.1, 0.15) is 0 Å². The van der Waals surface area contributed by atoms with Gasteiger partial charge in [0.15, 0.2) is 6.61 Å². The molecule has 2 heterocycles. The molecule has 19 heavy (non-hydrogen) atoms. The first-order valence-electron chi connectivity index (χ1n) is 5.30. The maximum Gasteiger partial charge on any atom is 0.356 e. The van der Waals surface area contributed by atoms with Gasteiger partial charge in [0.25, 0.3) is 0 Å². The van der Waals surface area contributed by atoms with Crippen LogP contribution in [-0.2, 0) is 23.9 Å². The number of β-lactam (4-membered cyclic amide) rings is 1. The molecular weight excluding hydrogens is 296 g/mol. The van der Waals surface area contributed by atoms with Crippen LogP contribution in [0.15, 0.2) is 10.7 Å². The fraction of sp³-hybridized carbons (Fsp3) is 0.500. The molecule has 0 radical (unpaired) electrons. The zero-order valence-electron chi connectivity index (χ0n) is 9.92. The molecule has 1 amide bonds. The van der Waals surface area contributed by atoms with E-state index in [4.69, 9.17) is 22.1 Å². The number of methoxy groups -OCH3 is 1. The zero-order chi connectivity index (χ0) is 14.2. The average molecular weight is 307 g/mol. The fourth-order valence-corrected chi connectivity index (χ4v) is 3.21. The third-order valence-electron chi connectivity index (χ3n) is 2.71. The molecule has 1 saturated heterocycles. The summed E-state index contributed by atoms with van der Waals surface area (Å²) in [7, 11) is 1.17. The summed E-state index contributed by atoms with van der Waals surface area (Å²) >= 11 is 7.31. The van der Waals surface area contributed by atoms with E-state index < -0.39 is 24.6 Å². The van der Waals surface area contributed by atoms with Gasteiger partial charge in [-0.2, -0.15) is 0 Å². The van der Waals surface area contributed by atoms with Gasteiger partial charge < -0.3 is 15.2 Å². The molecule has 1 unspecified atom stereocenters. The minimum Gasteiger partial charge on any atom is -0.466 e. The van der Waals surface area contributed by atoms with Gasteiger partial charge in [-0.3, -0.25) is 9.69 Å². The molecule has 0 aromatic rings. The molecule has 2 atom stereocenters. The first-order chi connectivity index (χ1) is 8.97. The number of nitrogens with two attached hydrogens (primary N) is 1. The van der Waals surface area contributed by atoms with Gasteiger partial charge in [-0.05, 0) is 0 Å². The highest BCUT2D eigenvalue weighted by Crippen LogP contribution is 2.40. The Bertz CT molecular complexity index is 481. The first-order valence-corrected chi connectivity index (χ1v) is 6.73. The minimum atomic E-state index is -0.832. The van der Waals surface area contributed by atoms with Crippen LogP contribution < -0.4 is 5.73 Å². The number of fused-ring (bicyclic) bond motifs is 1. The summed E-state index contributed by atoms with van der Waals surface area (Å²) in [6.07, 6.45) is 0. The number of hydrogen-bond donors (Lipinski definition) is 1. The Hall–Kier alpha value is -1.25. The highest BCUT2D eigenvalue weighted by Gasteiger charge is 2.52.